The number of carbonyl (C=O) groups is 3. The SMILES string of the molecule is CCOC(=O)c1ccc(CN2C(=O)C(=O)/C(=C(/O)c3ccccc3)C2c2cccnc2)cc1. The molecule has 0 aliphatic carbocycles. The number of nitrogens with zero attached hydrogens (tertiary/aromatic N) is 2. The van der Waals surface area contributed by atoms with Gasteiger partial charge in [0.2, 0.25) is 0 Å². The molecule has 3 aromatic rings. The van der Waals surface area contributed by atoms with E-state index in [9.17, 15) is 19.5 Å². The molecule has 0 saturated carbocycles. The summed E-state index contributed by atoms with van der Waals surface area (Å²) in [5.74, 6) is -2.13. The first-order valence-electron chi connectivity index (χ1n) is 10.5. The van der Waals surface area contributed by atoms with Crippen molar-refractivity contribution in [3.05, 3.63) is 107 Å². The van der Waals surface area contributed by atoms with Crippen LogP contribution < -0.4 is 0 Å². The van der Waals surface area contributed by atoms with Crippen molar-refractivity contribution < 1.29 is 24.2 Å². The van der Waals surface area contributed by atoms with Crippen LogP contribution in [0.5, 0.6) is 0 Å². The Morgan fingerprint density at radius 3 is 2.36 bits per heavy atom. The lowest BCUT2D eigenvalue weighted by Gasteiger charge is -2.25. The van der Waals surface area contributed by atoms with E-state index < -0.39 is 23.7 Å². The minimum Gasteiger partial charge on any atom is -0.507 e. The molecular formula is C26H22N2O5. The Bertz CT molecular complexity index is 1200. The molecule has 33 heavy (non-hydrogen) atoms. The number of Topliss-reactive ketones (excluding diaryl/α,β-unsaturated/α-hetero) is 1. The molecule has 2 heterocycles. The first-order chi connectivity index (χ1) is 16.0. The summed E-state index contributed by atoms with van der Waals surface area (Å²) in [5.41, 5.74) is 2.19. The zero-order valence-corrected chi connectivity index (χ0v) is 18.0. The van der Waals surface area contributed by atoms with Crippen LogP contribution in [0.3, 0.4) is 0 Å². The molecule has 0 spiro atoms. The molecule has 7 heteroatoms. The van der Waals surface area contributed by atoms with Gasteiger partial charge in [0.1, 0.15) is 5.76 Å². The minimum absolute atomic E-state index is 0.0161. The van der Waals surface area contributed by atoms with Gasteiger partial charge in [0.25, 0.3) is 11.7 Å². The molecule has 0 radical (unpaired) electrons. The molecule has 1 saturated heterocycles. The minimum atomic E-state index is -0.802. The largest absolute Gasteiger partial charge is 0.507 e. The van der Waals surface area contributed by atoms with Crippen LogP contribution >= 0.6 is 0 Å². The zero-order valence-electron chi connectivity index (χ0n) is 18.0. The number of aliphatic hydroxyl groups is 1. The first-order valence-corrected chi connectivity index (χ1v) is 10.5. The molecule has 1 N–H and O–H groups in total. The van der Waals surface area contributed by atoms with E-state index >= 15 is 0 Å². The number of aromatic nitrogens is 1. The Kier molecular flexibility index (Phi) is 6.31. The lowest BCUT2D eigenvalue weighted by Crippen LogP contribution is -2.29. The van der Waals surface area contributed by atoms with Crippen LogP contribution in [0.15, 0.2) is 84.7 Å². The maximum absolute atomic E-state index is 13.0. The second-order valence-electron chi connectivity index (χ2n) is 7.50. The summed E-state index contributed by atoms with van der Waals surface area (Å²) in [6.07, 6.45) is 3.17. The van der Waals surface area contributed by atoms with Gasteiger partial charge in [-0.2, -0.15) is 0 Å². The van der Waals surface area contributed by atoms with Crippen molar-refractivity contribution in [2.45, 2.75) is 19.5 Å². The summed E-state index contributed by atoms with van der Waals surface area (Å²) in [4.78, 5) is 43.5. The van der Waals surface area contributed by atoms with Gasteiger partial charge in [-0.25, -0.2) is 4.79 Å². The Balaban J connectivity index is 1.73. The maximum Gasteiger partial charge on any atom is 0.338 e. The van der Waals surface area contributed by atoms with Gasteiger partial charge in [0, 0.05) is 24.5 Å². The van der Waals surface area contributed by atoms with E-state index in [0.717, 1.165) is 5.56 Å². The number of carbonyl (C=O) groups excluding carboxylic acids is 3. The molecule has 4 rings (SSSR count). The van der Waals surface area contributed by atoms with E-state index in [1.54, 1.807) is 86.0 Å². The highest BCUT2D eigenvalue weighted by Gasteiger charge is 2.46. The van der Waals surface area contributed by atoms with Gasteiger partial charge in [-0.05, 0) is 36.2 Å². The predicted octanol–water partition coefficient (Wildman–Crippen LogP) is 3.88. The van der Waals surface area contributed by atoms with E-state index in [4.69, 9.17) is 4.74 Å². The number of amides is 1. The van der Waals surface area contributed by atoms with Crippen molar-refractivity contribution in [1.29, 1.82) is 0 Å². The average Bonchev–Trinajstić information content (AvgIpc) is 3.10. The smallest absolute Gasteiger partial charge is 0.338 e. The number of esters is 1. The van der Waals surface area contributed by atoms with Crippen molar-refractivity contribution in [3.8, 4) is 0 Å². The molecule has 1 amide bonds. The summed E-state index contributed by atoms with van der Waals surface area (Å²) in [6.45, 7) is 2.12. The fourth-order valence-electron chi connectivity index (χ4n) is 3.84. The van der Waals surface area contributed by atoms with E-state index in [1.165, 1.54) is 4.90 Å². The number of likely N-dealkylation sites (tertiary alicyclic amines) is 1. The Labute approximate surface area is 191 Å². The van der Waals surface area contributed by atoms with Gasteiger partial charge in [0.05, 0.1) is 23.8 Å². The summed E-state index contributed by atoms with van der Waals surface area (Å²) in [7, 11) is 0. The summed E-state index contributed by atoms with van der Waals surface area (Å²) in [6, 6.07) is 18.0. The molecule has 1 fully saturated rings. The van der Waals surface area contributed by atoms with Crippen LogP contribution in [0.2, 0.25) is 0 Å². The fraction of sp³-hybridized carbons (Fsp3) is 0.154. The van der Waals surface area contributed by atoms with Crippen LogP contribution in [-0.2, 0) is 20.9 Å². The maximum atomic E-state index is 13.0. The van der Waals surface area contributed by atoms with Crippen molar-refractivity contribution >= 4 is 23.4 Å². The number of rotatable bonds is 6. The summed E-state index contributed by atoms with van der Waals surface area (Å²) in [5, 5.41) is 11.0. The first kappa shape index (κ1) is 22.0. The molecule has 1 aromatic heterocycles. The normalized spacial score (nSPS) is 17.2. The number of pyridine rings is 1. The molecule has 7 nitrogen and oxygen atoms in total. The molecule has 1 aliphatic rings. The summed E-state index contributed by atoms with van der Waals surface area (Å²) < 4.78 is 5.00. The van der Waals surface area contributed by atoms with Gasteiger partial charge in [-0.15, -0.1) is 0 Å². The second kappa shape index (κ2) is 9.48. The number of hydrogen-bond donors (Lipinski definition) is 1. The standard InChI is InChI=1S/C26H22N2O5/c1-2-33-26(32)19-12-10-17(11-13-19)16-28-22(20-9-6-14-27-15-20)21(24(30)25(28)31)23(29)18-7-4-3-5-8-18/h3-15,22,29H,2,16H2,1H3/b23-21+. The lowest BCUT2D eigenvalue weighted by molar-refractivity contribution is -0.140. The van der Waals surface area contributed by atoms with Crippen LogP contribution in [0.25, 0.3) is 5.76 Å². The molecular weight excluding hydrogens is 420 g/mol. The molecule has 1 unspecified atom stereocenters. The van der Waals surface area contributed by atoms with E-state index in [1.807, 2.05) is 0 Å². The van der Waals surface area contributed by atoms with Crippen LogP contribution in [0.1, 0.15) is 40.0 Å². The third-order valence-corrected chi connectivity index (χ3v) is 5.41. The number of hydrogen-bond acceptors (Lipinski definition) is 6. The molecule has 0 bridgehead atoms. The lowest BCUT2D eigenvalue weighted by atomic mass is 9.96. The van der Waals surface area contributed by atoms with Gasteiger partial charge in [0.15, 0.2) is 0 Å². The van der Waals surface area contributed by atoms with Gasteiger partial charge < -0.3 is 14.7 Å². The highest BCUT2D eigenvalue weighted by Crippen LogP contribution is 2.39. The van der Waals surface area contributed by atoms with E-state index in [-0.39, 0.29) is 24.5 Å². The van der Waals surface area contributed by atoms with Crippen molar-refractivity contribution in [2.75, 3.05) is 6.61 Å². The van der Waals surface area contributed by atoms with Gasteiger partial charge in [-0.3, -0.25) is 14.6 Å². The molecule has 1 aliphatic heterocycles. The Morgan fingerprint density at radius 1 is 1.00 bits per heavy atom. The van der Waals surface area contributed by atoms with Crippen LogP contribution in [0.4, 0.5) is 0 Å². The molecule has 166 valence electrons. The molecule has 2 aromatic carbocycles. The van der Waals surface area contributed by atoms with Crippen molar-refractivity contribution in [3.63, 3.8) is 0 Å². The van der Waals surface area contributed by atoms with Crippen molar-refractivity contribution in [1.82, 2.24) is 9.88 Å². The monoisotopic (exact) mass is 442 g/mol. The Hall–Kier alpha value is -4.26. The molecule has 1 atom stereocenters. The summed E-state index contributed by atoms with van der Waals surface area (Å²) >= 11 is 0. The fourth-order valence-corrected chi connectivity index (χ4v) is 3.84. The second-order valence-corrected chi connectivity index (χ2v) is 7.50. The quantitative estimate of drug-likeness (QED) is 0.269. The van der Waals surface area contributed by atoms with Gasteiger partial charge >= 0.3 is 5.97 Å². The van der Waals surface area contributed by atoms with Gasteiger partial charge in [-0.1, -0.05) is 48.5 Å². The topological polar surface area (TPSA) is 96.8 Å². The number of ether oxygens (including phenoxy) is 1. The van der Waals surface area contributed by atoms with E-state index in [2.05, 4.69) is 4.98 Å². The number of ketones is 1. The number of benzene rings is 2. The third kappa shape index (κ3) is 4.39. The predicted molar refractivity (Wildman–Crippen MR) is 121 cm³/mol. The average molecular weight is 442 g/mol. The highest BCUT2D eigenvalue weighted by atomic mass is 16.5. The Morgan fingerprint density at radius 2 is 1.73 bits per heavy atom. The number of aliphatic hydroxyl groups excluding tert-OH is 1. The van der Waals surface area contributed by atoms with E-state index in [0.29, 0.717) is 16.7 Å². The third-order valence-electron chi connectivity index (χ3n) is 5.41. The highest BCUT2D eigenvalue weighted by molar-refractivity contribution is 6.46. The zero-order chi connectivity index (χ0) is 23.4. The van der Waals surface area contributed by atoms with Crippen LogP contribution in [0, 0.1) is 0 Å². The van der Waals surface area contributed by atoms with Crippen molar-refractivity contribution in [2.24, 2.45) is 0 Å². The van der Waals surface area contributed by atoms with Crippen LogP contribution in [-0.4, -0.2) is 39.3 Å².